The quantitative estimate of drug-likeness (QED) is 0.860. The van der Waals surface area contributed by atoms with Gasteiger partial charge in [-0.05, 0) is 36.2 Å². The van der Waals surface area contributed by atoms with Gasteiger partial charge in [0.25, 0.3) is 0 Å². The number of aliphatic hydroxyl groups is 1. The summed E-state index contributed by atoms with van der Waals surface area (Å²) in [5, 5.41) is 10.1. The highest BCUT2D eigenvalue weighted by Crippen LogP contribution is 2.36. The molecule has 116 valence electrons. The largest absolute Gasteiger partial charge is 0.460 e. The SMILES string of the molecule is CC(C)[C@@H]1CC[C@@H](C)C[C@H]1OC(=O)[C@H](O)c1ccccc1. The molecule has 0 radical (unpaired) electrons. The third-order valence-electron chi connectivity index (χ3n) is 4.57. The lowest BCUT2D eigenvalue weighted by molar-refractivity contribution is -0.166. The molecule has 0 bridgehead atoms. The van der Waals surface area contributed by atoms with Gasteiger partial charge in [0.2, 0.25) is 0 Å². The predicted octanol–water partition coefficient (Wildman–Crippen LogP) is 3.72. The van der Waals surface area contributed by atoms with Gasteiger partial charge in [-0.15, -0.1) is 0 Å². The number of benzene rings is 1. The van der Waals surface area contributed by atoms with E-state index < -0.39 is 12.1 Å². The maximum Gasteiger partial charge on any atom is 0.339 e. The van der Waals surface area contributed by atoms with Crippen LogP contribution in [0.4, 0.5) is 0 Å². The minimum atomic E-state index is -1.18. The van der Waals surface area contributed by atoms with E-state index in [0.29, 0.717) is 23.3 Å². The van der Waals surface area contributed by atoms with E-state index in [1.807, 2.05) is 18.2 Å². The summed E-state index contributed by atoms with van der Waals surface area (Å²) in [6, 6.07) is 8.97. The van der Waals surface area contributed by atoms with Crippen molar-refractivity contribution in [3.8, 4) is 0 Å². The van der Waals surface area contributed by atoms with Gasteiger partial charge in [0, 0.05) is 0 Å². The molecule has 1 N–H and O–H groups in total. The molecule has 0 spiro atoms. The molecule has 3 heteroatoms. The summed E-state index contributed by atoms with van der Waals surface area (Å²) in [5.41, 5.74) is 0.590. The van der Waals surface area contributed by atoms with Crippen molar-refractivity contribution in [2.24, 2.45) is 17.8 Å². The maximum absolute atomic E-state index is 12.2. The van der Waals surface area contributed by atoms with Crippen LogP contribution >= 0.6 is 0 Å². The molecule has 1 fully saturated rings. The summed E-state index contributed by atoms with van der Waals surface area (Å²) in [4.78, 5) is 12.2. The third kappa shape index (κ3) is 4.07. The second-order valence-corrected chi connectivity index (χ2v) is 6.61. The Kier molecular flexibility index (Phi) is 5.40. The Hall–Kier alpha value is -1.35. The Morgan fingerprint density at radius 3 is 2.52 bits per heavy atom. The van der Waals surface area contributed by atoms with Crippen LogP contribution in [0.3, 0.4) is 0 Å². The number of hydrogen-bond donors (Lipinski definition) is 1. The highest BCUT2D eigenvalue weighted by molar-refractivity contribution is 5.76. The van der Waals surface area contributed by atoms with Gasteiger partial charge in [0.15, 0.2) is 6.10 Å². The molecule has 3 nitrogen and oxygen atoms in total. The Bertz CT molecular complexity index is 455. The fourth-order valence-electron chi connectivity index (χ4n) is 3.24. The summed E-state index contributed by atoms with van der Waals surface area (Å²) in [7, 11) is 0. The van der Waals surface area contributed by atoms with E-state index in [1.165, 1.54) is 6.42 Å². The van der Waals surface area contributed by atoms with Crippen molar-refractivity contribution in [3.63, 3.8) is 0 Å². The molecular weight excluding hydrogens is 264 g/mol. The van der Waals surface area contributed by atoms with Crippen LogP contribution in [0.15, 0.2) is 30.3 Å². The van der Waals surface area contributed by atoms with E-state index in [0.717, 1.165) is 12.8 Å². The highest BCUT2D eigenvalue weighted by Gasteiger charge is 2.34. The zero-order chi connectivity index (χ0) is 15.4. The van der Waals surface area contributed by atoms with Crippen LogP contribution in [0.1, 0.15) is 51.7 Å². The first-order valence-electron chi connectivity index (χ1n) is 7.92. The van der Waals surface area contributed by atoms with Gasteiger partial charge in [-0.25, -0.2) is 4.79 Å². The van der Waals surface area contributed by atoms with Gasteiger partial charge in [-0.1, -0.05) is 57.5 Å². The van der Waals surface area contributed by atoms with Gasteiger partial charge >= 0.3 is 5.97 Å². The molecule has 0 aromatic heterocycles. The van der Waals surface area contributed by atoms with E-state index in [1.54, 1.807) is 12.1 Å². The maximum atomic E-state index is 12.2. The average Bonchev–Trinajstić information content (AvgIpc) is 2.47. The van der Waals surface area contributed by atoms with Gasteiger partial charge in [0.05, 0.1) is 0 Å². The van der Waals surface area contributed by atoms with Crippen LogP contribution in [0.5, 0.6) is 0 Å². The van der Waals surface area contributed by atoms with Crippen LogP contribution in [0.2, 0.25) is 0 Å². The smallest absolute Gasteiger partial charge is 0.339 e. The number of esters is 1. The molecule has 1 aromatic carbocycles. The van der Waals surface area contributed by atoms with Crippen molar-refractivity contribution in [2.45, 2.75) is 52.2 Å². The lowest BCUT2D eigenvalue weighted by Crippen LogP contribution is -2.37. The van der Waals surface area contributed by atoms with Gasteiger partial charge in [-0.3, -0.25) is 0 Å². The standard InChI is InChI=1S/C18H26O3/c1-12(2)15-10-9-13(3)11-16(15)21-18(20)17(19)14-7-5-4-6-8-14/h4-8,12-13,15-17,19H,9-11H2,1-3H3/t13-,15+,16-,17-/m1/s1. The van der Waals surface area contributed by atoms with E-state index in [-0.39, 0.29) is 6.10 Å². The van der Waals surface area contributed by atoms with Gasteiger partial charge in [-0.2, -0.15) is 0 Å². The molecule has 0 unspecified atom stereocenters. The van der Waals surface area contributed by atoms with Crippen molar-refractivity contribution in [2.75, 3.05) is 0 Å². The molecular formula is C18H26O3. The Labute approximate surface area is 127 Å². The van der Waals surface area contributed by atoms with Crippen LogP contribution in [0, 0.1) is 17.8 Å². The van der Waals surface area contributed by atoms with Crippen LogP contribution in [0.25, 0.3) is 0 Å². The summed E-state index contributed by atoms with van der Waals surface area (Å²) < 4.78 is 5.66. The second kappa shape index (κ2) is 7.08. The molecule has 0 amide bonds. The molecule has 0 heterocycles. The molecule has 1 aromatic rings. The fraction of sp³-hybridized carbons (Fsp3) is 0.611. The van der Waals surface area contributed by atoms with E-state index in [4.69, 9.17) is 4.74 Å². The Balaban J connectivity index is 2.02. The first-order valence-corrected chi connectivity index (χ1v) is 7.92. The molecule has 1 saturated carbocycles. The number of hydrogen-bond acceptors (Lipinski definition) is 3. The van der Waals surface area contributed by atoms with Crippen molar-refractivity contribution in [1.29, 1.82) is 0 Å². The number of ether oxygens (including phenoxy) is 1. The molecule has 2 rings (SSSR count). The molecule has 21 heavy (non-hydrogen) atoms. The molecule has 4 atom stereocenters. The van der Waals surface area contributed by atoms with Crippen molar-refractivity contribution in [1.82, 2.24) is 0 Å². The van der Waals surface area contributed by atoms with E-state index >= 15 is 0 Å². The minimum Gasteiger partial charge on any atom is -0.460 e. The van der Waals surface area contributed by atoms with Gasteiger partial charge in [0.1, 0.15) is 6.10 Å². The number of carbonyl (C=O) groups is 1. The highest BCUT2D eigenvalue weighted by atomic mass is 16.6. The third-order valence-corrected chi connectivity index (χ3v) is 4.57. The fourth-order valence-corrected chi connectivity index (χ4v) is 3.24. The van der Waals surface area contributed by atoms with Crippen molar-refractivity contribution >= 4 is 5.97 Å². The predicted molar refractivity (Wildman–Crippen MR) is 82.6 cm³/mol. The Morgan fingerprint density at radius 2 is 1.90 bits per heavy atom. The van der Waals surface area contributed by atoms with Crippen molar-refractivity contribution < 1.29 is 14.6 Å². The summed E-state index contributed by atoms with van der Waals surface area (Å²) >= 11 is 0. The summed E-state index contributed by atoms with van der Waals surface area (Å²) in [5.74, 6) is 0.940. The van der Waals surface area contributed by atoms with Crippen LogP contribution in [-0.4, -0.2) is 17.2 Å². The Morgan fingerprint density at radius 1 is 1.24 bits per heavy atom. The average molecular weight is 290 g/mol. The van der Waals surface area contributed by atoms with E-state index in [2.05, 4.69) is 20.8 Å². The normalized spacial score (nSPS) is 27.4. The molecule has 1 aliphatic carbocycles. The van der Waals surface area contributed by atoms with Crippen LogP contribution in [-0.2, 0) is 9.53 Å². The zero-order valence-electron chi connectivity index (χ0n) is 13.2. The van der Waals surface area contributed by atoms with E-state index in [9.17, 15) is 9.90 Å². The summed E-state index contributed by atoms with van der Waals surface area (Å²) in [6.45, 7) is 6.55. The first kappa shape index (κ1) is 16.0. The number of rotatable bonds is 4. The lowest BCUT2D eigenvalue weighted by atomic mass is 9.75. The molecule has 0 saturated heterocycles. The number of carbonyl (C=O) groups excluding carboxylic acids is 1. The number of aliphatic hydroxyl groups excluding tert-OH is 1. The second-order valence-electron chi connectivity index (χ2n) is 6.61. The van der Waals surface area contributed by atoms with Crippen LogP contribution < -0.4 is 0 Å². The van der Waals surface area contributed by atoms with Gasteiger partial charge < -0.3 is 9.84 Å². The first-order chi connectivity index (χ1) is 9.99. The van der Waals surface area contributed by atoms with Crippen molar-refractivity contribution in [3.05, 3.63) is 35.9 Å². The minimum absolute atomic E-state index is 0.0698. The molecule has 0 aliphatic heterocycles. The summed E-state index contributed by atoms with van der Waals surface area (Å²) in [6.07, 6.45) is 1.93. The zero-order valence-corrected chi connectivity index (χ0v) is 13.2. The molecule has 1 aliphatic rings. The lowest BCUT2D eigenvalue weighted by Gasteiger charge is -2.37. The topological polar surface area (TPSA) is 46.5 Å². The monoisotopic (exact) mass is 290 g/mol.